The number of nitrogens with zero attached hydrogens (tertiary/aromatic N) is 3. The van der Waals surface area contributed by atoms with Crippen molar-refractivity contribution in [2.45, 2.75) is 39.8 Å². The summed E-state index contributed by atoms with van der Waals surface area (Å²) in [5.74, 6) is -0.936. The predicted molar refractivity (Wildman–Crippen MR) is 90.7 cm³/mol. The second kappa shape index (κ2) is 6.28. The van der Waals surface area contributed by atoms with Gasteiger partial charge in [-0.3, -0.25) is 4.68 Å². The number of hydrogen-bond acceptors (Lipinski definition) is 2. The maximum atomic E-state index is 11.4. The maximum Gasteiger partial charge on any atom is 0.354 e. The van der Waals surface area contributed by atoms with Crippen LogP contribution in [0.15, 0.2) is 36.5 Å². The summed E-state index contributed by atoms with van der Waals surface area (Å²) in [6, 6.07) is 9.86. The number of hydrogen-bond donors (Lipinski definition) is 1. The Morgan fingerprint density at radius 2 is 1.91 bits per heavy atom. The fraction of sp³-hybridized carbons (Fsp3) is 0.333. The summed E-state index contributed by atoms with van der Waals surface area (Å²) in [6.07, 6.45) is 3.97. The number of para-hydroxylation sites is 1. The molecule has 0 fully saturated rings. The van der Waals surface area contributed by atoms with Gasteiger partial charge in [0.1, 0.15) is 5.69 Å². The molecule has 1 N–H and O–H groups in total. The fourth-order valence-electron chi connectivity index (χ4n) is 2.98. The van der Waals surface area contributed by atoms with Crippen LogP contribution >= 0.6 is 0 Å². The van der Waals surface area contributed by atoms with E-state index in [0.29, 0.717) is 6.54 Å². The van der Waals surface area contributed by atoms with Gasteiger partial charge in [0.25, 0.3) is 0 Å². The van der Waals surface area contributed by atoms with Crippen LogP contribution in [0.5, 0.6) is 0 Å². The van der Waals surface area contributed by atoms with Crippen molar-refractivity contribution in [3.05, 3.63) is 42.2 Å². The lowest BCUT2D eigenvalue weighted by molar-refractivity contribution is 0.0683. The third-order valence-corrected chi connectivity index (χ3v) is 3.96. The van der Waals surface area contributed by atoms with Crippen LogP contribution < -0.4 is 0 Å². The lowest BCUT2D eigenvalue weighted by Gasteiger charge is -2.01. The average molecular weight is 311 g/mol. The van der Waals surface area contributed by atoms with Gasteiger partial charge in [0, 0.05) is 35.8 Å². The minimum absolute atomic E-state index is 0.245. The molecule has 0 aliphatic rings. The summed E-state index contributed by atoms with van der Waals surface area (Å²) in [4.78, 5) is 11.4. The van der Waals surface area contributed by atoms with Crippen LogP contribution in [0.3, 0.4) is 0 Å². The SMILES string of the molecule is CCCn1nc(-c2cn(CCC)c3ccccc23)cc1C(=O)O. The van der Waals surface area contributed by atoms with Crippen molar-refractivity contribution in [2.24, 2.45) is 0 Å². The summed E-state index contributed by atoms with van der Waals surface area (Å²) in [6.45, 7) is 5.70. The molecule has 0 aliphatic carbocycles. The monoisotopic (exact) mass is 311 g/mol. The normalized spacial score (nSPS) is 11.2. The highest BCUT2D eigenvalue weighted by Gasteiger charge is 2.18. The van der Waals surface area contributed by atoms with Gasteiger partial charge in [-0.25, -0.2) is 4.79 Å². The Kier molecular flexibility index (Phi) is 4.19. The standard InChI is InChI=1S/C18H21N3O2/c1-3-9-20-12-14(13-7-5-6-8-16(13)20)15-11-17(18(22)23)21(19-15)10-4-2/h5-8,11-12H,3-4,9-10H2,1-2H3,(H,22,23). The number of carbonyl (C=O) groups is 1. The Balaban J connectivity index is 2.17. The minimum Gasteiger partial charge on any atom is -0.477 e. The molecule has 2 heterocycles. The average Bonchev–Trinajstić information content (AvgIpc) is 3.10. The summed E-state index contributed by atoms with van der Waals surface area (Å²) in [5.41, 5.74) is 3.12. The van der Waals surface area contributed by atoms with Crippen molar-refractivity contribution in [1.29, 1.82) is 0 Å². The van der Waals surface area contributed by atoms with E-state index in [1.54, 1.807) is 10.7 Å². The number of aromatic carboxylic acids is 1. The van der Waals surface area contributed by atoms with E-state index in [-0.39, 0.29) is 5.69 Å². The Bertz CT molecular complexity index is 845. The molecule has 0 unspecified atom stereocenters. The van der Waals surface area contributed by atoms with Crippen molar-refractivity contribution in [3.63, 3.8) is 0 Å². The molecule has 0 bridgehead atoms. The fourth-order valence-corrected chi connectivity index (χ4v) is 2.98. The van der Waals surface area contributed by atoms with Gasteiger partial charge in [0.2, 0.25) is 0 Å². The zero-order valence-corrected chi connectivity index (χ0v) is 13.5. The molecule has 0 radical (unpaired) electrons. The molecule has 1 aromatic carbocycles. The van der Waals surface area contributed by atoms with E-state index < -0.39 is 5.97 Å². The third-order valence-electron chi connectivity index (χ3n) is 3.96. The van der Waals surface area contributed by atoms with Gasteiger partial charge in [0.15, 0.2) is 0 Å². The summed E-state index contributed by atoms with van der Waals surface area (Å²) >= 11 is 0. The van der Waals surface area contributed by atoms with Crippen LogP contribution in [0.2, 0.25) is 0 Å². The van der Waals surface area contributed by atoms with Gasteiger partial charge in [-0.05, 0) is 25.0 Å². The second-order valence-corrected chi connectivity index (χ2v) is 5.70. The van der Waals surface area contributed by atoms with E-state index in [0.717, 1.165) is 41.5 Å². The third kappa shape index (κ3) is 2.74. The van der Waals surface area contributed by atoms with E-state index in [1.807, 2.05) is 19.1 Å². The molecule has 0 atom stereocenters. The smallest absolute Gasteiger partial charge is 0.354 e. The van der Waals surface area contributed by atoms with Gasteiger partial charge >= 0.3 is 5.97 Å². The molecular formula is C18H21N3O2. The van der Waals surface area contributed by atoms with Crippen molar-refractivity contribution >= 4 is 16.9 Å². The van der Waals surface area contributed by atoms with Crippen molar-refractivity contribution in [1.82, 2.24) is 14.3 Å². The highest BCUT2D eigenvalue weighted by molar-refractivity contribution is 5.96. The van der Waals surface area contributed by atoms with Crippen LogP contribution in [0, 0.1) is 0 Å². The van der Waals surface area contributed by atoms with E-state index in [4.69, 9.17) is 0 Å². The lowest BCUT2D eigenvalue weighted by atomic mass is 10.1. The first kappa shape index (κ1) is 15.3. The largest absolute Gasteiger partial charge is 0.477 e. The zero-order valence-electron chi connectivity index (χ0n) is 13.5. The van der Waals surface area contributed by atoms with Crippen LogP contribution in [0.25, 0.3) is 22.2 Å². The van der Waals surface area contributed by atoms with Gasteiger partial charge < -0.3 is 9.67 Å². The number of benzene rings is 1. The lowest BCUT2D eigenvalue weighted by Crippen LogP contribution is -2.09. The quantitative estimate of drug-likeness (QED) is 0.748. The molecular weight excluding hydrogens is 290 g/mol. The molecule has 0 saturated carbocycles. The van der Waals surface area contributed by atoms with E-state index in [1.165, 1.54) is 0 Å². The summed E-state index contributed by atoms with van der Waals surface area (Å²) < 4.78 is 3.80. The van der Waals surface area contributed by atoms with Crippen LogP contribution in [-0.2, 0) is 13.1 Å². The van der Waals surface area contributed by atoms with E-state index in [2.05, 4.69) is 34.9 Å². The van der Waals surface area contributed by atoms with Crippen molar-refractivity contribution in [3.8, 4) is 11.3 Å². The minimum atomic E-state index is -0.936. The Hall–Kier alpha value is -2.56. The first-order chi connectivity index (χ1) is 11.2. The van der Waals surface area contributed by atoms with Crippen LogP contribution in [-0.4, -0.2) is 25.4 Å². The van der Waals surface area contributed by atoms with Gasteiger partial charge in [-0.2, -0.15) is 5.10 Å². The molecule has 2 aromatic heterocycles. The summed E-state index contributed by atoms with van der Waals surface area (Å²) in [7, 11) is 0. The molecule has 0 amide bonds. The Labute approximate surface area is 135 Å². The highest BCUT2D eigenvalue weighted by Crippen LogP contribution is 2.30. The molecule has 0 aliphatic heterocycles. The van der Waals surface area contributed by atoms with Crippen molar-refractivity contribution < 1.29 is 9.90 Å². The van der Waals surface area contributed by atoms with Crippen molar-refractivity contribution in [2.75, 3.05) is 0 Å². The number of aromatic nitrogens is 3. The predicted octanol–water partition coefficient (Wildman–Crippen LogP) is 4.02. The second-order valence-electron chi connectivity index (χ2n) is 5.70. The van der Waals surface area contributed by atoms with Gasteiger partial charge in [-0.1, -0.05) is 32.0 Å². The van der Waals surface area contributed by atoms with Crippen LogP contribution in [0.1, 0.15) is 37.2 Å². The number of fused-ring (bicyclic) bond motifs is 1. The Morgan fingerprint density at radius 1 is 1.17 bits per heavy atom. The number of carboxylic acids is 1. The molecule has 23 heavy (non-hydrogen) atoms. The van der Waals surface area contributed by atoms with Crippen LogP contribution in [0.4, 0.5) is 0 Å². The molecule has 0 spiro atoms. The molecule has 3 rings (SSSR count). The first-order valence-electron chi connectivity index (χ1n) is 8.05. The molecule has 3 aromatic rings. The molecule has 120 valence electrons. The number of carboxylic acid groups (broad SMARTS) is 1. The van der Waals surface area contributed by atoms with Gasteiger partial charge in [-0.15, -0.1) is 0 Å². The topological polar surface area (TPSA) is 60.0 Å². The first-order valence-corrected chi connectivity index (χ1v) is 8.05. The molecule has 0 saturated heterocycles. The van der Waals surface area contributed by atoms with E-state index in [9.17, 15) is 9.90 Å². The maximum absolute atomic E-state index is 11.4. The number of rotatable bonds is 6. The highest BCUT2D eigenvalue weighted by atomic mass is 16.4. The van der Waals surface area contributed by atoms with E-state index >= 15 is 0 Å². The summed E-state index contributed by atoms with van der Waals surface area (Å²) in [5, 5.41) is 15.0. The molecule has 5 nitrogen and oxygen atoms in total. The number of aryl methyl sites for hydroxylation is 2. The zero-order chi connectivity index (χ0) is 16.4. The Morgan fingerprint density at radius 3 is 2.61 bits per heavy atom. The van der Waals surface area contributed by atoms with Gasteiger partial charge in [0.05, 0.1) is 5.69 Å². The molecule has 5 heteroatoms.